The predicted molar refractivity (Wildman–Crippen MR) is 63.1 cm³/mol. The maximum absolute atomic E-state index is 11.7. The van der Waals surface area contributed by atoms with Crippen LogP contribution in [-0.2, 0) is 19.0 Å². The Hall–Kier alpha value is -1.19. The second-order valence-electron chi connectivity index (χ2n) is 4.96. The molecule has 0 amide bonds. The van der Waals surface area contributed by atoms with E-state index in [4.69, 9.17) is 5.73 Å². The highest BCUT2D eigenvalue weighted by Crippen LogP contribution is 2.26. The summed E-state index contributed by atoms with van der Waals surface area (Å²) >= 11 is 0. The number of anilines is 1. The molecule has 0 aliphatic rings. The minimum Gasteiger partial charge on any atom is -0.393 e. The topological polar surface area (TPSA) is 52.9 Å². The summed E-state index contributed by atoms with van der Waals surface area (Å²) in [6, 6.07) is 0. The van der Waals surface area contributed by atoms with Crippen molar-refractivity contribution in [1.82, 2.24) is 9.36 Å². The fourth-order valence-electron chi connectivity index (χ4n) is 1.94. The molecule has 0 aromatic carbocycles. The van der Waals surface area contributed by atoms with E-state index in [1.165, 1.54) is 0 Å². The molecule has 1 aromatic rings. The van der Waals surface area contributed by atoms with Gasteiger partial charge in [0.25, 0.3) is 5.56 Å². The molecule has 1 heterocycles. The summed E-state index contributed by atoms with van der Waals surface area (Å²) in [5.41, 5.74) is 7.01. The first-order valence-electron chi connectivity index (χ1n) is 5.36. The largest absolute Gasteiger partial charge is 0.393 e. The van der Waals surface area contributed by atoms with Crippen molar-refractivity contribution in [3.8, 4) is 0 Å². The maximum atomic E-state index is 11.7. The normalized spacial score (nSPS) is 12.1. The van der Waals surface area contributed by atoms with Crippen LogP contribution in [0.25, 0.3) is 0 Å². The standard InChI is InChI=1S/C11H21N3O/c1-6-7-14-9(11(2,3)4)8(12)10(15)13(14)5/h6-7,12H2,1-5H3. The van der Waals surface area contributed by atoms with E-state index in [-0.39, 0.29) is 11.0 Å². The molecule has 1 rings (SSSR count). The number of hydrogen-bond donors (Lipinski definition) is 1. The Morgan fingerprint density at radius 1 is 1.33 bits per heavy atom. The average Bonchev–Trinajstić information content (AvgIpc) is 2.30. The van der Waals surface area contributed by atoms with Crippen molar-refractivity contribution >= 4 is 5.69 Å². The molecule has 0 spiro atoms. The zero-order chi connectivity index (χ0) is 11.8. The summed E-state index contributed by atoms with van der Waals surface area (Å²) in [5.74, 6) is 0. The third-order valence-electron chi connectivity index (χ3n) is 2.55. The van der Waals surface area contributed by atoms with Gasteiger partial charge in [0.05, 0.1) is 5.69 Å². The number of nitrogens with zero attached hydrogens (tertiary/aromatic N) is 2. The van der Waals surface area contributed by atoms with Gasteiger partial charge < -0.3 is 5.73 Å². The first-order chi connectivity index (χ1) is 6.80. The first-order valence-corrected chi connectivity index (χ1v) is 5.36. The first kappa shape index (κ1) is 11.9. The van der Waals surface area contributed by atoms with Gasteiger partial charge >= 0.3 is 0 Å². The molecular formula is C11H21N3O. The average molecular weight is 211 g/mol. The number of nitrogens with two attached hydrogens (primary N) is 1. The zero-order valence-electron chi connectivity index (χ0n) is 10.3. The molecule has 0 fully saturated rings. The van der Waals surface area contributed by atoms with E-state index in [0.29, 0.717) is 5.69 Å². The van der Waals surface area contributed by atoms with Gasteiger partial charge in [0.1, 0.15) is 5.69 Å². The van der Waals surface area contributed by atoms with Crippen LogP contribution >= 0.6 is 0 Å². The highest BCUT2D eigenvalue weighted by molar-refractivity contribution is 5.45. The number of rotatable bonds is 2. The molecule has 0 saturated carbocycles. The molecule has 0 aliphatic heterocycles. The van der Waals surface area contributed by atoms with Gasteiger partial charge in [-0.15, -0.1) is 0 Å². The second-order valence-corrected chi connectivity index (χ2v) is 4.96. The molecule has 4 heteroatoms. The molecule has 4 nitrogen and oxygen atoms in total. The van der Waals surface area contributed by atoms with Gasteiger partial charge in [0.15, 0.2) is 0 Å². The Morgan fingerprint density at radius 3 is 2.27 bits per heavy atom. The molecule has 0 saturated heterocycles. The van der Waals surface area contributed by atoms with Crippen LogP contribution in [-0.4, -0.2) is 9.36 Å². The van der Waals surface area contributed by atoms with Gasteiger partial charge in [-0.05, 0) is 6.42 Å². The quantitative estimate of drug-likeness (QED) is 0.805. The Bertz CT molecular complexity index is 407. The molecule has 1 aromatic heterocycles. The molecule has 0 radical (unpaired) electrons. The van der Waals surface area contributed by atoms with Crippen LogP contribution in [0.5, 0.6) is 0 Å². The number of nitrogen functional groups attached to an aromatic ring is 1. The van der Waals surface area contributed by atoms with E-state index in [1.54, 1.807) is 11.7 Å². The van der Waals surface area contributed by atoms with Crippen molar-refractivity contribution in [3.05, 3.63) is 16.0 Å². The second kappa shape index (κ2) is 3.76. The third-order valence-corrected chi connectivity index (χ3v) is 2.55. The van der Waals surface area contributed by atoms with E-state index in [9.17, 15) is 4.79 Å². The van der Waals surface area contributed by atoms with Crippen molar-refractivity contribution in [2.75, 3.05) is 5.73 Å². The van der Waals surface area contributed by atoms with Gasteiger partial charge in [-0.2, -0.15) is 0 Å². The van der Waals surface area contributed by atoms with Crippen LogP contribution in [0.2, 0.25) is 0 Å². The monoisotopic (exact) mass is 211 g/mol. The van der Waals surface area contributed by atoms with E-state index in [2.05, 4.69) is 27.7 Å². The van der Waals surface area contributed by atoms with E-state index < -0.39 is 0 Å². The molecular weight excluding hydrogens is 190 g/mol. The van der Waals surface area contributed by atoms with Crippen LogP contribution in [0.3, 0.4) is 0 Å². The smallest absolute Gasteiger partial charge is 0.289 e. The Kier molecular flexibility index (Phi) is 2.98. The molecule has 2 N–H and O–H groups in total. The summed E-state index contributed by atoms with van der Waals surface area (Å²) in [6.07, 6.45) is 0.991. The fraction of sp³-hybridized carbons (Fsp3) is 0.727. The van der Waals surface area contributed by atoms with Crippen molar-refractivity contribution in [2.24, 2.45) is 7.05 Å². The van der Waals surface area contributed by atoms with Crippen molar-refractivity contribution in [1.29, 1.82) is 0 Å². The van der Waals surface area contributed by atoms with Crippen molar-refractivity contribution in [3.63, 3.8) is 0 Å². The van der Waals surface area contributed by atoms with Crippen LogP contribution < -0.4 is 11.3 Å². The molecule has 15 heavy (non-hydrogen) atoms. The predicted octanol–water partition coefficient (Wildman–Crippen LogP) is 1.48. The lowest BCUT2D eigenvalue weighted by Crippen LogP contribution is -2.23. The van der Waals surface area contributed by atoms with Crippen LogP contribution in [0, 0.1) is 0 Å². The minimum absolute atomic E-state index is 0.0895. The van der Waals surface area contributed by atoms with E-state index in [0.717, 1.165) is 18.7 Å². The fourth-order valence-corrected chi connectivity index (χ4v) is 1.94. The molecule has 0 atom stereocenters. The van der Waals surface area contributed by atoms with Gasteiger partial charge in [0.2, 0.25) is 0 Å². The molecule has 86 valence electrons. The summed E-state index contributed by atoms with van der Waals surface area (Å²) in [5, 5.41) is 0. The highest BCUT2D eigenvalue weighted by atomic mass is 16.1. The van der Waals surface area contributed by atoms with Gasteiger partial charge in [-0.1, -0.05) is 27.7 Å². The van der Waals surface area contributed by atoms with Crippen LogP contribution in [0.15, 0.2) is 4.79 Å². The van der Waals surface area contributed by atoms with E-state index >= 15 is 0 Å². The van der Waals surface area contributed by atoms with Crippen molar-refractivity contribution < 1.29 is 0 Å². The maximum Gasteiger partial charge on any atom is 0.289 e. The lowest BCUT2D eigenvalue weighted by molar-refractivity contribution is 0.428. The van der Waals surface area contributed by atoms with Gasteiger partial charge in [-0.3, -0.25) is 14.2 Å². The highest BCUT2D eigenvalue weighted by Gasteiger charge is 2.25. The van der Waals surface area contributed by atoms with Crippen LogP contribution in [0.4, 0.5) is 5.69 Å². The Labute approximate surface area is 90.7 Å². The molecule has 0 aliphatic carbocycles. The van der Waals surface area contributed by atoms with Gasteiger partial charge in [-0.25, -0.2) is 0 Å². The Morgan fingerprint density at radius 2 is 1.87 bits per heavy atom. The molecule has 0 bridgehead atoms. The number of aromatic nitrogens is 2. The summed E-state index contributed by atoms with van der Waals surface area (Å²) in [7, 11) is 1.77. The summed E-state index contributed by atoms with van der Waals surface area (Å²) < 4.78 is 3.59. The third kappa shape index (κ3) is 1.94. The van der Waals surface area contributed by atoms with Crippen LogP contribution in [0.1, 0.15) is 39.8 Å². The van der Waals surface area contributed by atoms with Gasteiger partial charge in [0, 0.05) is 19.0 Å². The SMILES string of the molecule is CCCn1c(C(C)(C)C)c(N)c(=O)n1C. The lowest BCUT2D eigenvalue weighted by atomic mass is 9.91. The zero-order valence-corrected chi connectivity index (χ0v) is 10.3. The number of hydrogen-bond acceptors (Lipinski definition) is 2. The minimum atomic E-state index is -0.0975. The summed E-state index contributed by atoms with van der Waals surface area (Å²) in [6.45, 7) is 9.14. The van der Waals surface area contributed by atoms with E-state index in [1.807, 2.05) is 4.68 Å². The molecule has 0 unspecified atom stereocenters. The summed E-state index contributed by atoms with van der Waals surface area (Å²) in [4.78, 5) is 11.7. The van der Waals surface area contributed by atoms with Crippen molar-refractivity contribution in [2.45, 2.75) is 46.1 Å². The lowest BCUT2D eigenvalue weighted by Gasteiger charge is -2.22. The Balaban J connectivity index is 3.48.